The Morgan fingerprint density at radius 3 is 2.29 bits per heavy atom. The number of halogens is 1. The van der Waals surface area contributed by atoms with Gasteiger partial charge >= 0.3 is 5.97 Å². The maximum Gasteiger partial charge on any atom is 0.343 e. The summed E-state index contributed by atoms with van der Waals surface area (Å²) >= 11 is 0. The highest BCUT2D eigenvalue weighted by Crippen LogP contribution is 2.47. The second-order valence-electron chi connectivity index (χ2n) is 19.0. The van der Waals surface area contributed by atoms with Crippen molar-refractivity contribution in [3.05, 3.63) is 140 Å². The van der Waals surface area contributed by atoms with E-state index < -0.39 is 96.1 Å². The Labute approximate surface area is 439 Å². The van der Waals surface area contributed by atoms with E-state index in [1.54, 1.807) is 74.5 Å². The Balaban J connectivity index is 0.730. The van der Waals surface area contributed by atoms with Gasteiger partial charge in [-0.15, -0.1) is 0 Å². The van der Waals surface area contributed by atoms with E-state index in [1.165, 1.54) is 22.8 Å². The van der Waals surface area contributed by atoms with Crippen LogP contribution in [0.5, 0.6) is 0 Å². The molecule has 3 aliphatic heterocycles. The molecule has 400 valence electrons. The normalized spacial score (nSPS) is 17.3. The molecule has 0 spiro atoms. The molecule has 6 N–H and O–H groups in total. The molecule has 77 heavy (non-hydrogen) atoms. The molecule has 0 fully saturated rings. The Hall–Kier alpha value is -8.47. The number of ether oxygens (including phenoxy) is 3. The maximum atomic E-state index is 15.4. The molecule has 21 nitrogen and oxygen atoms in total. The van der Waals surface area contributed by atoms with E-state index in [9.17, 15) is 48.3 Å². The highest BCUT2D eigenvalue weighted by atomic mass is 19.1. The van der Waals surface area contributed by atoms with Gasteiger partial charge in [0.1, 0.15) is 25.2 Å². The monoisotopic (exact) mass is 1050 g/mol. The van der Waals surface area contributed by atoms with Crippen molar-refractivity contribution in [2.24, 2.45) is 0 Å². The van der Waals surface area contributed by atoms with Crippen LogP contribution in [0.4, 0.5) is 10.1 Å². The first kappa shape index (κ1) is 53.4. The van der Waals surface area contributed by atoms with E-state index in [4.69, 9.17) is 19.2 Å². The Morgan fingerprint density at radius 2 is 1.55 bits per heavy atom. The van der Waals surface area contributed by atoms with Crippen LogP contribution < -0.4 is 37.0 Å². The van der Waals surface area contributed by atoms with Crippen LogP contribution in [-0.4, -0.2) is 108 Å². The fourth-order valence-electron chi connectivity index (χ4n) is 10.0. The summed E-state index contributed by atoms with van der Waals surface area (Å²) in [6.07, 6.45) is 3.23. The molecule has 2 aromatic heterocycles. The van der Waals surface area contributed by atoms with E-state index in [0.29, 0.717) is 58.5 Å². The van der Waals surface area contributed by atoms with Crippen LogP contribution in [0.3, 0.4) is 0 Å². The van der Waals surface area contributed by atoms with E-state index in [-0.39, 0.29) is 63.5 Å². The summed E-state index contributed by atoms with van der Waals surface area (Å²) < 4.78 is 34.2. The summed E-state index contributed by atoms with van der Waals surface area (Å²) in [4.78, 5) is 121. The first-order valence-electron chi connectivity index (χ1n) is 25.1. The van der Waals surface area contributed by atoms with Crippen molar-refractivity contribution in [3.8, 4) is 11.4 Å². The van der Waals surface area contributed by atoms with Gasteiger partial charge in [-0.05, 0) is 78.6 Å². The predicted octanol–water partition coefficient (Wildman–Crippen LogP) is 1.76. The standard InChI is InChI=1S/C55H55FN8O13/c1-3-55(74)37-22-41-51-35(27-63(41)53(72)36(37)28-77-54(55)73)50-42(15-14-34-30(2)38(56)23-39(62-51)49(34)50)76-20-19-75-29-60-45(67)25-59-52(71)40(21-32-7-5-4-6-8-32)61-46(68)26-58-44(66)24-57-43(65)16-11-31-9-12-33(13-10-31)64-47(69)17-18-48(64)70/h4-10,12-13,17-18,22-23,40,42,74H,3,11,14-16,19-21,24-29H2,1-2H3,(H,57,65)(H,58,66)(H,59,71)(H,60,67)(H,61,68)/t40-,42+,55-/m0/s1. The summed E-state index contributed by atoms with van der Waals surface area (Å²) in [5.74, 6) is -5.19. The third-order valence-electron chi connectivity index (χ3n) is 14.1. The van der Waals surface area contributed by atoms with Gasteiger partial charge in [-0.3, -0.25) is 38.4 Å². The number of carbonyl (C=O) groups excluding carboxylic acids is 8. The highest BCUT2D eigenvalue weighted by molar-refractivity contribution is 6.28. The molecule has 1 aliphatic carbocycles. The number of pyridine rings is 2. The molecule has 7 amide bonds. The summed E-state index contributed by atoms with van der Waals surface area (Å²) in [6, 6.07) is 17.3. The average Bonchev–Trinajstić information content (AvgIpc) is 4.05. The van der Waals surface area contributed by atoms with Crippen LogP contribution in [0.15, 0.2) is 83.7 Å². The first-order chi connectivity index (χ1) is 37.0. The average molecular weight is 1060 g/mol. The lowest BCUT2D eigenvalue weighted by Crippen LogP contribution is -2.52. The lowest BCUT2D eigenvalue weighted by atomic mass is 9.82. The molecule has 5 heterocycles. The number of imide groups is 1. The number of cyclic esters (lactones) is 1. The summed E-state index contributed by atoms with van der Waals surface area (Å²) in [6.45, 7) is 1.68. The number of carbonyl (C=O) groups is 8. The summed E-state index contributed by atoms with van der Waals surface area (Å²) in [5.41, 5.74) is 3.71. The van der Waals surface area contributed by atoms with Crippen molar-refractivity contribution in [2.75, 3.05) is 44.5 Å². The zero-order chi connectivity index (χ0) is 54.5. The van der Waals surface area contributed by atoms with Gasteiger partial charge < -0.3 is 50.5 Å². The fourth-order valence-corrected chi connectivity index (χ4v) is 10.0. The van der Waals surface area contributed by atoms with Crippen LogP contribution in [0.2, 0.25) is 0 Å². The number of nitrogens with one attached hydrogen (secondary N) is 5. The second-order valence-corrected chi connectivity index (χ2v) is 19.0. The third kappa shape index (κ3) is 11.3. The number of fused-ring (bicyclic) bond motifs is 5. The summed E-state index contributed by atoms with van der Waals surface area (Å²) in [7, 11) is 0. The van der Waals surface area contributed by atoms with Crippen molar-refractivity contribution >= 4 is 63.9 Å². The van der Waals surface area contributed by atoms with Gasteiger partial charge in [-0.2, -0.15) is 0 Å². The number of hydrogen-bond acceptors (Lipinski definition) is 14. The molecule has 0 bridgehead atoms. The van der Waals surface area contributed by atoms with Gasteiger partial charge in [0, 0.05) is 47.6 Å². The van der Waals surface area contributed by atoms with Gasteiger partial charge in [0.15, 0.2) is 5.60 Å². The lowest BCUT2D eigenvalue weighted by Gasteiger charge is -2.31. The molecule has 3 aromatic carbocycles. The third-order valence-corrected chi connectivity index (χ3v) is 14.1. The van der Waals surface area contributed by atoms with Crippen molar-refractivity contribution in [2.45, 2.75) is 83.3 Å². The largest absolute Gasteiger partial charge is 0.458 e. The number of aromatic nitrogens is 2. The van der Waals surface area contributed by atoms with Gasteiger partial charge in [-0.25, -0.2) is 19.1 Å². The van der Waals surface area contributed by atoms with Crippen LogP contribution in [0.25, 0.3) is 22.3 Å². The van der Waals surface area contributed by atoms with Gasteiger partial charge in [0.25, 0.3) is 17.4 Å². The van der Waals surface area contributed by atoms with Crippen LogP contribution in [-0.2, 0) is 90.6 Å². The number of amides is 7. The predicted molar refractivity (Wildman–Crippen MR) is 273 cm³/mol. The summed E-state index contributed by atoms with van der Waals surface area (Å²) in [5, 5.41) is 24.7. The molecular formula is C55H55FN8O13. The van der Waals surface area contributed by atoms with Crippen molar-refractivity contribution in [3.63, 3.8) is 0 Å². The van der Waals surface area contributed by atoms with Gasteiger partial charge in [0.2, 0.25) is 29.5 Å². The van der Waals surface area contributed by atoms with Crippen molar-refractivity contribution < 1.29 is 62.1 Å². The minimum Gasteiger partial charge on any atom is -0.458 e. The number of aryl methyl sites for hydroxylation is 2. The first-order valence-corrected chi connectivity index (χ1v) is 25.1. The SMILES string of the molecule is CC[C@@]1(O)C(=O)OCc2c1cc1n(c2=O)Cc2c-1nc1cc(F)c(C)c3c1c2[C@H](OCCOCNC(=O)CNC(=O)[C@H](Cc1ccccc1)NC(=O)CNC(=O)CNC(=O)CCc1ccc(N2C(=O)C=CC2=O)cc1)CC3. The molecule has 9 rings (SSSR count). The van der Waals surface area contributed by atoms with Crippen molar-refractivity contribution in [1.29, 1.82) is 0 Å². The molecule has 4 aliphatic rings. The number of nitrogens with zero attached hydrogens (tertiary/aromatic N) is 3. The Kier molecular flexibility index (Phi) is 15.8. The Morgan fingerprint density at radius 1 is 0.844 bits per heavy atom. The van der Waals surface area contributed by atoms with E-state index in [1.807, 2.05) is 0 Å². The van der Waals surface area contributed by atoms with Crippen molar-refractivity contribution in [1.82, 2.24) is 36.1 Å². The van der Waals surface area contributed by atoms with E-state index >= 15 is 4.39 Å². The zero-order valence-electron chi connectivity index (χ0n) is 42.1. The smallest absolute Gasteiger partial charge is 0.343 e. The van der Waals surface area contributed by atoms with Gasteiger partial charge in [0.05, 0.1) is 73.7 Å². The Bertz CT molecular complexity index is 3310. The van der Waals surface area contributed by atoms with Crippen LogP contribution in [0.1, 0.15) is 76.8 Å². The quantitative estimate of drug-likeness (QED) is 0.0260. The van der Waals surface area contributed by atoms with E-state index in [2.05, 4.69) is 26.6 Å². The van der Waals surface area contributed by atoms with Crippen LogP contribution >= 0.6 is 0 Å². The van der Waals surface area contributed by atoms with Crippen LogP contribution in [0, 0.1) is 12.7 Å². The maximum absolute atomic E-state index is 15.4. The molecule has 3 atom stereocenters. The number of rotatable bonds is 21. The van der Waals surface area contributed by atoms with Gasteiger partial charge in [-0.1, -0.05) is 49.4 Å². The minimum atomic E-state index is -2.02. The highest BCUT2D eigenvalue weighted by Gasteiger charge is 2.46. The number of benzene rings is 3. The lowest BCUT2D eigenvalue weighted by molar-refractivity contribution is -0.172. The molecule has 22 heteroatoms. The topological polar surface area (TPSA) is 283 Å². The molecule has 0 saturated heterocycles. The minimum absolute atomic E-state index is 0.0224. The molecule has 5 aromatic rings. The van der Waals surface area contributed by atoms with E-state index in [0.717, 1.165) is 27.0 Å². The molecule has 0 saturated carbocycles. The molecular weight excluding hydrogens is 1000 g/mol. The zero-order valence-corrected chi connectivity index (χ0v) is 42.1. The second kappa shape index (κ2) is 22.8. The number of aliphatic hydroxyl groups is 1. The molecule has 0 unspecified atom stereocenters. The number of anilines is 1. The fraction of sp³-hybridized carbons (Fsp3) is 0.345. The number of esters is 1. The molecule has 0 radical (unpaired) electrons. The number of hydrogen-bond donors (Lipinski definition) is 6.